The highest BCUT2D eigenvalue weighted by Crippen LogP contribution is 2.31. The average Bonchev–Trinajstić information content (AvgIpc) is 3.32. The second kappa shape index (κ2) is 9.04. The number of benzene rings is 1. The second-order valence-electron chi connectivity index (χ2n) is 7.37. The predicted octanol–water partition coefficient (Wildman–Crippen LogP) is 2.26. The molecule has 1 N–H and O–H groups in total. The molecule has 0 atom stereocenters. The fourth-order valence-electron chi connectivity index (χ4n) is 3.62. The lowest BCUT2D eigenvalue weighted by atomic mass is 10.1. The molecule has 2 aliphatic heterocycles. The molecule has 2 aromatic rings. The Hall–Kier alpha value is -2.95. The van der Waals surface area contributed by atoms with Crippen molar-refractivity contribution < 1.29 is 22.7 Å². The molecule has 166 valence electrons. The third kappa shape index (κ3) is 5.04. The van der Waals surface area contributed by atoms with Crippen LogP contribution in [0.4, 0.5) is 25.1 Å². The number of morpholine rings is 1. The minimum atomic E-state index is -4.62. The van der Waals surface area contributed by atoms with Crippen LogP contribution in [0.1, 0.15) is 34.6 Å². The van der Waals surface area contributed by atoms with Gasteiger partial charge in [-0.2, -0.15) is 28.1 Å². The normalized spacial score (nSPS) is 17.1. The summed E-state index contributed by atoms with van der Waals surface area (Å²) in [6.07, 6.45) is -2.54. The zero-order valence-corrected chi connectivity index (χ0v) is 16.9. The number of halogens is 3. The Bertz CT molecular complexity index is 927. The molecule has 0 saturated carbocycles. The van der Waals surface area contributed by atoms with E-state index in [0.29, 0.717) is 44.0 Å². The van der Waals surface area contributed by atoms with Crippen molar-refractivity contribution in [1.82, 2.24) is 20.3 Å². The first kappa shape index (κ1) is 21.3. The van der Waals surface area contributed by atoms with Crippen LogP contribution in [0.2, 0.25) is 0 Å². The summed E-state index contributed by atoms with van der Waals surface area (Å²) in [5.41, 5.74) is -1.41. The van der Waals surface area contributed by atoms with Gasteiger partial charge >= 0.3 is 6.18 Å². The third-order valence-corrected chi connectivity index (χ3v) is 5.23. The van der Waals surface area contributed by atoms with E-state index in [9.17, 15) is 18.0 Å². The number of nitrogens with zero attached hydrogens (tertiary/aromatic N) is 5. The molecule has 0 bridgehead atoms. The van der Waals surface area contributed by atoms with E-state index in [1.54, 1.807) is 0 Å². The molecule has 1 amide bonds. The maximum absolute atomic E-state index is 13.2. The maximum Gasteiger partial charge on any atom is 0.417 e. The third-order valence-electron chi connectivity index (χ3n) is 5.23. The fraction of sp³-hybridized carbons (Fsp3) is 0.500. The monoisotopic (exact) mass is 436 g/mol. The van der Waals surface area contributed by atoms with E-state index in [1.165, 1.54) is 12.1 Å². The van der Waals surface area contributed by atoms with Gasteiger partial charge in [-0.3, -0.25) is 4.79 Å². The van der Waals surface area contributed by atoms with E-state index >= 15 is 0 Å². The van der Waals surface area contributed by atoms with Crippen LogP contribution >= 0.6 is 0 Å². The molecule has 1 aromatic heterocycles. The highest BCUT2D eigenvalue weighted by Gasteiger charge is 2.34. The number of hydrogen-bond donors (Lipinski definition) is 1. The van der Waals surface area contributed by atoms with E-state index in [1.807, 2.05) is 4.90 Å². The summed E-state index contributed by atoms with van der Waals surface area (Å²) in [6, 6.07) is 4.69. The molecule has 2 saturated heterocycles. The topological polar surface area (TPSA) is 83.5 Å². The first-order chi connectivity index (χ1) is 14.9. The van der Waals surface area contributed by atoms with Crippen molar-refractivity contribution in [2.45, 2.75) is 25.6 Å². The van der Waals surface area contributed by atoms with Gasteiger partial charge in [0.05, 0.1) is 30.9 Å². The number of carbonyl (C=O) groups is 1. The Kier molecular flexibility index (Phi) is 6.21. The summed E-state index contributed by atoms with van der Waals surface area (Å²) in [5.74, 6) is 0.481. The van der Waals surface area contributed by atoms with Crippen molar-refractivity contribution in [3.8, 4) is 0 Å². The highest BCUT2D eigenvalue weighted by atomic mass is 19.4. The van der Waals surface area contributed by atoms with Gasteiger partial charge in [0.15, 0.2) is 5.82 Å². The Labute approximate surface area is 177 Å². The van der Waals surface area contributed by atoms with Gasteiger partial charge in [0.25, 0.3) is 5.91 Å². The lowest BCUT2D eigenvalue weighted by molar-refractivity contribution is -0.137. The van der Waals surface area contributed by atoms with Crippen molar-refractivity contribution in [2.24, 2.45) is 0 Å². The number of aromatic nitrogens is 3. The van der Waals surface area contributed by atoms with Crippen LogP contribution in [-0.2, 0) is 17.5 Å². The van der Waals surface area contributed by atoms with Gasteiger partial charge in [0, 0.05) is 26.2 Å². The standard InChI is InChI=1S/C20H23F3N6O2/c21-20(22,23)15-6-2-1-5-14(15)17(30)24-13-16-25-18(28-7-3-4-8-28)27-19(26-16)29-9-11-31-12-10-29/h1-2,5-6H,3-4,7-13H2,(H,24,30). The molecular formula is C20H23F3N6O2. The summed E-state index contributed by atoms with van der Waals surface area (Å²) < 4.78 is 45.0. The van der Waals surface area contributed by atoms with Crippen molar-refractivity contribution in [3.63, 3.8) is 0 Å². The Balaban J connectivity index is 1.55. The van der Waals surface area contributed by atoms with E-state index in [-0.39, 0.29) is 6.54 Å². The van der Waals surface area contributed by atoms with Gasteiger partial charge in [-0.05, 0) is 25.0 Å². The quantitative estimate of drug-likeness (QED) is 0.770. The van der Waals surface area contributed by atoms with Crippen LogP contribution in [0.3, 0.4) is 0 Å². The van der Waals surface area contributed by atoms with E-state index < -0.39 is 23.2 Å². The number of hydrogen-bond acceptors (Lipinski definition) is 7. The number of anilines is 2. The maximum atomic E-state index is 13.2. The van der Waals surface area contributed by atoms with Gasteiger partial charge < -0.3 is 19.9 Å². The number of carbonyl (C=O) groups excluding carboxylic acids is 1. The van der Waals surface area contributed by atoms with Crippen molar-refractivity contribution in [1.29, 1.82) is 0 Å². The minimum Gasteiger partial charge on any atom is -0.378 e. The van der Waals surface area contributed by atoms with Crippen LogP contribution in [0.25, 0.3) is 0 Å². The number of alkyl halides is 3. The van der Waals surface area contributed by atoms with Crippen molar-refractivity contribution in [2.75, 3.05) is 49.2 Å². The Morgan fingerprint density at radius 3 is 2.23 bits per heavy atom. The van der Waals surface area contributed by atoms with E-state index in [0.717, 1.165) is 38.1 Å². The number of nitrogens with one attached hydrogen (secondary N) is 1. The fourth-order valence-corrected chi connectivity index (χ4v) is 3.62. The van der Waals surface area contributed by atoms with Crippen LogP contribution in [0.5, 0.6) is 0 Å². The first-order valence-electron chi connectivity index (χ1n) is 10.2. The smallest absolute Gasteiger partial charge is 0.378 e. The number of ether oxygens (including phenoxy) is 1. The SMILES string of the molecule is O=C(NCc1nc(N2CCCC2)nc(N2CCOCC2)n1)c1ccccc1C(F)(F)F. The second-order valence-corrected chi connectivity index (χ2v) is 7.37. The zero-order chi connectivity index (χ0) is 21.8. The number of rotatable bonds is 5. The molecule has 0 aliphatic carbocycles. The molecule has 0 unspecified atom stereocenters. The van der Waals surface area contributed by atoms with Crippen LogP contribution < -0.4 is 15.1 Å². The molecule has 2 aliphatic rings. The lowest BCUT2D eigenvalue weighted by Gasteiger charge is -2.28. The van der Waals surface area contributed by atoms with E-state index in [2.05, 4.69) is 25.2 Å². The zero-order valence-electron chi connectivity index (χ0n) is 16.9. The molecule has 11 heteroatoms. The molecule has 8 nitrogen and oxygen atoms in total. The van der Waals surface area contributed by atoms with E-state index in [4.69, 9.17) is 4.74 Å². The van der Waals surface area contributed by atoms with Gasteiger partial charge in [-0.25, -0.2) is 0 Å². The highest BCUT2D eigenvalue weighted by molar-refractivity contribution is 5.95. The summed E-state index contributed by atoms with van der Waals surface area (Å²) in [7, 11) is 0. The lowest BCUT2D eigenvalue weighted by Crippen LogP contribution is -2.38. The Morgan fingerprint density at radius 2 is 1.58 bits per heavy atom. The molecule has 3 heterocycles. The molecule has 1 aromatic carbocycles. The average molecular weight is 436 g/mol. The summed E-state index contributed by atoms with van der Waals surface area (Å²) >= 11 is 0. The van der Waals surface area contributed by atoms with Crippen LogP contribution in [0, 0.1) is 0 Å². The van der Waals surface area contributed by atoms with Gasteiger partial charge in [0.2, 0.25) is 11.9 Å². The molecular weight excluding hydrogens is 413 g/mol. The molecule has 0 radical (unpaired) electrons. The predicted molar refractivity (Wildman–Crippen MR) is 107 cm³/mol. The molecule has 4 rings (SSSR count). The molecule has 31 heavy (non-hydrogen) atoms. The van der Waals surface area contributed by atoms with Gasteiger partial charge in [0.1, 0.15) is 0 Å². The van der Waals surface area contributed by atoms with Crippen LogP contribution in [0.15, 0.2) is 24.3 Å². The van der Waals surface area contributed by atoms with Crippen molar-refractivity contribution in [3.05, 3.63) is 41.2 Å². The summed E-state index contributed by atoms with van der Waals surface area (Å²) in [4.78, 5) is 30.0. The summed E-state index contributed by atoms with van der Waals surface area (Å²) in [5, 5.41) is 2.52. The largest absolute Gasteiger partial charge is 0.417 e. The molecule has 2 fully saturated rings. The first-order valence-corrected chi connectivity index (χ1v) is 10.2. The van der Waals surface area contributed by atoms with Gasteiger partial charge in [-0.1, -0.05) is 12.1 Å². The minimum absolute atomic E-state index is 0.105. The summed E-state index contributed by atoms with van der Waals surface area (Å²) in [6.45, 7) is 3.94. The number of amides is 1. The molecule has 0 spiro atoms. The van der Waals surface area contributed by atoms with Gasteiger partial charge in [-0.15, -0.1) is 0 Å². The Morgan fingerprint density at radius 1 is 0.968 bits per heavy atom. The van der Waals surface area contributed by atoms with Crippen molar-refractivity contribution >= 4 is 17.8 Å². The van der Waals surface area contributed by atoms with Crippen LogP contribution in [-0.4, -0.2) is 60.3 Å².